The van der Waals surface area contributed by atoms with Gasteiger partial charge in [-0.15, -0.1) is 0 Å². The summed E-state index contributed by atoms with van der Waals surface area (Å²) in [4.78, 5) is 44.2. The molecule has 0 radical (unpaired) electrons. The number of fused-ring (bicyclic) bond motifs is 2. The molecule has 0 spiro atoms. The zero-order valence-corrected chi connectivity index (χ0v) is 18.9. The number of carbonyl (C=O) groups is 2. The van der Waals surface area contributed by atoms with Crippen LogP contribution >= 0.6 is 23.4 Å². The molecule has 0 aliphatic carbocycles. The van der Waals surface area contributed by atoms with Crippen molar-refractivity contribution in [3.8, 4) is 0 Å². The van der Waals surface area contributed by atoms with Gasteiger partial charge in [0.05, 0.1) is 22.0 Å². The van der Waals surface area contributed by atoms with Crippen molar-refractivity contribution in [1.29, 1.82) is 0 Å². The Morgan fingerprint density at radius 2 is 1.68 bits per heavy atom. The average Bonchev–Trinajstić information content (AvgIpc) is 2.98. The molecular weight excluding hydrogens is 434 g/mol. The van der Waals surface area contributed by atoms with E-state index in [1.807, 2.05) is 0 Å². The fourth-order valence-corrected chi connectivity index (χ4v) is 4.65. The van der Waals surface area contributed by atoms with Gasteiger partial charge in [0.1, 0.15) is 0 Å². The highest BCUT2D eigenvalue weighted by molar-refractivity contribution is 7.99. The number of halogens is 1. The molecule has 3 aromatic rings. The van der Waals surface area contributed by atoms with E-state index >= 15 is 0 Å². The SMILES string of the molecule is CC(C)CCn1c(SCCN2C(=O)c3ccccc3C2=O)nc2cc(Cl)ccc2c1=O. The van der Waals surface area contributed by atoms with Crippen molar-refractivity contribution >= 4 is 46.1 Å². The van der Waals surface area contributed by atoms with Gasteiger partial charge in [-0.05, 0) is 42.7 Å². The van der Waals surface area contributed by atoms with Crippen molar-refractivity contribution in [3.63, 3.8) is 0 Å². The van der Waals surface area contributed by atoms with Crippen molar-refractivity contribution in [2.24, 2.45) is 5.92 Å². The molecule has 0 unspecified atom stereocenters. The quantitative estimate of drug-likeness (QED) is 0.298. The van der Waals surface area contributed by atoms with Crippen molar-refractivity contribution in [2.75, 3.05) is 12.3 Å². The summed E-state index contributed by atoms with van der Waals surface area (Å²) in [5, 5.41) is 1.61. The topological polar surface area (TPSA) is 72.3 Å². The maximum atomic E-state index is 13.1. The Hall–Kier alpha value is -2.64. The van der Waals surface area contributed by atoms with Crippen LogP contribution in [0.25, 0.3) is 10.9 Å². The van der Waals surface area contributed by atoms with E-state index in [0.717, 1.165) is 6.42 Å². The van der Waals surface area contributed by atoms with Gasteiger partial charge in [0, 0.05) is 23.9 Å². The van der Waals surface area contributed by atoms with Crippen LogP contribution in [0.2, 0.25) is 5.02 Å². The highest BCUT2D eigenvalue weighted by Gasteiger charge is 2.34. The summed E-state index contributed by atoms with van der Waals surface area (Å²) in [7, 11) is 0. The van der Waals surface area contributed by atoms with Gasteiger partial charge in [-0.2, -0.15) is 0 Å². The van der Waals surface area contributed by atoms with Gasteiger partial charge in [-0.1, -0.05) is 49.3 Å². The van der Waals surface area contributed by atoms with Gasteiger partial charge in [0.15, 0.2) is 5.16 Å². The normalized spacial score (nSPS) is 13.5. The van der Waals surface area contributed by atoms with Crippen LogP contribution in [-0.2, 0) is 6.54 Å². The van der Waals surface area contributed by atoms with Crippen LogP contribution in [0, 0.1) is 5.92 Å². The monoisotopic (exact) mass is 455 g/mol. The van der Waals surface area contributed by atoms with E-state index in [1.54, 1.807) is 47.0 Å². The lowest BCUT2D eigenvalue weighted by molar-refractivity contribution is 0.0664. The number of aromatic nitrogens is 2. The fourth-order valence-electron chi connectivity index (χ4n) is 3.54. The number of carbonyl (C=O) groups excluding carboxylic acids is 2. The Labute approximate surface area is 189 Å². The second kappa shape index (κ2) is 8.85. The molecule has 0 fully saturated rings. The summed E-state index contributed by atoms with van der Waals surface area (Å²) in [6, 6.07) is 11.9. The molecule has 6 nitrogen and oxygen atoms in total. The van der Waals surface area contributed by atoms with Crippen LogP contribution in [0.1, 0.15) is 41.0 Å². The van der Waals surface area contributed by atoms with Crippen LogP contribution in [0.15, 0.2) is 52.4 Å². The lowest BCUT2D eigenvalue weighted by Crippen LogP contribution is -2.32. The minimum Gasteiger partial charge on any atom is -0.287 e. The number of hydrogen-bond acceptors (Lipinski definition) is 5. The van der Waals surface area contributed by atoms with Crippen LogP contribution in [0.4, 0.5) is 0 Å². The van der Waals surface area contributed by atoms with E-state index in [1.165, 1.54) is 16.7 Å². The Morgan fingerprint density at radius 1 is 1.00 bits per heavy atom. The lowest BCUT2D eigenvalue weighted by atomic mass is 10.1. The number of benzene rings is 2. The Kier molecular flexibility index (Phi) is 6.16. The number of thioether (sulfide) groups is 1. The van der Waals surface area contributed by atoms with Crippen LogP contribution < -0.4 is 5.56 Å². The number of hydrogen-bond donors (Lipinski definition) is 0. The second-order valence-electron chi connectivity index (χ2n) is 7.85. The molecule has 0 bridgehead atoms. The molecule has 2 amide bonds. The van der Waals surface area contributed by atoms with Gasteiger partial charge in [-0.3, -0.25) is 23.9 Å². The predicted octanol–water partition coefficient (Wildman–Crippen LogP) is 4.48. The lowest BCUT2D eigenvalue weighted by Gasteiger charge is -2.16. The van der Waals surface area contributed by atoms with Gasteiger partial charge in [0.2, 0.25) is 0 Å². The Bertz CT molecular complexity index is 1200. The second-order valence-corrected chi connectivity index (χ2v) is 9.35. The minimum absolute atomic E-state index is 0.106. The molecule has 0 N–H and O–H groups in total. The van der Waals surface area contributed by atoms with Gasteiger partial charge in [-0.25, -0.2) is 4.98 Å². The molecule has 31 heavy (non-hydrogen) atoms. The van der Waals surface area contributed by atoms with Gasteiger partial charge < -0.3 is 0 Å². The maximum absolute atomic E-state index is 13.1. The molecule has 0 saturated carbocycles. The van der Waals surface area contributed by atoms with Crippen LogP contribution in [0.5, 0.6) is 0 Å². The summed E-state index contributed by atoms with van der Waals surface area (Å²) in [6.45, 7) is 5.00. The third-order valence-electron chi connectivity index (χ3n) is 5.24. The highest BCUT2D eigenvalue weighted by atomic mass is 35.5. The molecule has 2 aromatic carbocycles. The van der Waals surface area contributed by atoms with E-state index in [9.17, 15) is 14.4 Å². The van der Waals surface area contributed by atoms with E-state index in [2.05, 4.69) is 18.8 Å². The first-order chi connectivity index (χ1) is 14.9. The molecule has 4 rings (SSSR count). The first-order valence-corrected chi connectivity index (χ1v) is 11.5. The minimum atomic E-state index is -0.281. The summed E-state index contributed by atoms with van der Waals surface area (Å²) >= 11 is 7.46. The zero-order chi connectivity index (χ0) is 22.1. The van der Waals surface area contributed by atoms with E-state index in [0.29, 0.717) is 50.4 Å². The van der Waals surface area contributed by atoms with Gasteiger partial charge >= 0.3 is 0 Å². The molecule has 160 valence electrons. The van der Waals surface area contributed by atoms with Crippen molar-refractivity contribution < 1.29 is 9.59 Å². The molecule has 2 heterocycles. The third kappa shape index (κ3) is 4.25. The molecule has 1 aliphatic rings. The molecule has 8 heteroatoms. The third-order valence-corrected chi connectivity index (χ3v) is 6.43. The smallest absolute Gasteiger partial charge is 0.262 e. The van der Waals surface area contributed by atoms with E-state index in [-0.39, 0.29) is 23.9 Å². The largest absolute Gasteiger partial charge is 0.287 e. The fraction of sp³-hybridized carbons (Fsp3) is 0.304. The van der Waals surface area contributed by atoms with Gasteiger partial charge in [0.25, 0.3) is 17.4 Å². The summed E-state index contributed by atoms with van der Waals surface area (Å²) in [5.41, 5.74) is 1.31. The van der Waals surface area contributed by atoms with Crippen molar-refractivity contribution in [2.45, 2.75) is 32.0 Å². The summed E-state index contributed by atoms with van der Waals surface area (Å²) < 4.78 is 1.68. The van der Waals surface area contributed by atoms with Crippen molar-refractivity contribution in [1.82, 2.24) is 14.5 Å². The maximum Gasteiger partial charge on any atom is 0.262 e. The molecule has 0 atom stereocenters. The van der Waals surface area contributed by atoms with Crippen LogP contribution in [0.3, 0.4) is 0 Å². The number of imide groups is 1. The molecule has 0 saturated heterocycles. The Morgan fingerprint density at radius 3 is 2.32 bits per heavy atom. The zero-order valence-electron chi connectivity index (χ0n) is 17.3. The molecule has 1 aliphatic heterocycles. The highest BCUT2D eigenvalue weighted by Crippen LogP contribution is 2.25. The molecular formula is C23H22ClN3O3S. The van der Waals surface area contributed by atoms with E-state index in [4.69, 9.17) is 11.6 Å². The standard InChI is InChI=1S/C23H22ClN3O3S/c1-14(2)9-10-27-22(30)18-8-7-15(24)13-19(18)25-23(27)31-12-11-26-20(28)16-5-3-4-6-17(16)21(26)29/h3-8,13-14H,9-12H2,1-2H3. The first-order valence-electron chi connectivity index (χ1n) is 10.1. The van der Waals surface area contributed by atoms with Crippen molar-refractivity contribution in [3.05, 3.63) is 69.0 Å². The summed E-state index contributed by atoms with van der Waals surface area (Å²) in [5.74, 6) is 0.309. The number of rotatable bonds is 7. The Balaban J connectivity index is 1.57. The number of amides is 2. The first kappa shape index (κ1) is 21.6. The number of nitrogens with zero attached hydrogens (tertiary/aromatic N) is 3. The molecule has 1 aromatic heterocycles. The van der Waals surface area contributed by atoms with Crippen LogP contribution in [-0.4, -0.2) is 38.6 Å². The summed E-state index contributed by atoms with van der Waals surface area (Å²) in [6.07, 6.45) is 0.840. The van der Waals surface area contributed by atoms with E-state index < -0.39 is 0 Å². The average molecular weight is 456 g/mol. The predicted molar refractivity (Wildman–Crippen MR) is 123 cm³/mol.